The van der Waals surface area contributed by atoms with Crippen LogP contribution in [0.5, 0.6) is 0 Å². The van der Waals surface area contributed by atoms with Crippen molar-refractivity contribution in [3.05, 3.63) is 60.1 Å². The molecule has 8 heteroatoms. The van der Waals surface area contributed by atoms with Gasteiger partial charge in [-0.25, -0.2) is 9.97 Å². The van der Waals surface area contributed by atoms with Gasteiger partial charge in [-0.3, -0.25) is 9.59 Å². The molecule has 166 valence electrons. The molecular weight excluding hydrogens is 416 g/mol. The Bertz CT molecular complexity index is 1430. The summed E-state index contributed by atoms with van der Waals surface area (Å²) in [4.78, 5) is 42.6. The summed E-state index contributed by atoms with van der Waals surface area (Å²) in [5, 5.41) is 4.82. The zero-order valence-electron chi connectivity index (χ0n) is 18.3. The van der Waals surface area contributed by atoms with E-state index >= 15 is 0 Å². The number of nitrogens with one attached hydrogen (secondary N) is 3. The molecule has 1 aliphatic heterocycles. The topological polar surface area (TPSA) is 107 Å². The number of aromatic amines is 2. The summed E-state index contributed by atoms with van der Waals surface area (Å²) < 4.78 is 0. The van der Waals surface area contributed by atoms with E-state index in [0.717, 1.165) is 46.0 Å². The van der Waals surface area contributed by atoms with Crippen molar-refractivity contribution < 1.29 is 9.59 Å². The van der Waals surface area contributed by atoms with Crippen LogP contribution in [0.3, 0.4) is 0 Å². The maximum atomic E-state index is 13.3. The van der Waals surface area contributed by atoms with Crippen molar-refractivity contribution in [2.45, 2.75) is 19.8 Å². The van der Waals surface area contributed by atoms with Gasteiger partial charge in [0.25, 0.3) is 5.91 Å². The average Bonchev–Trinajstić information content (AvgIpc) is 3.37. The summed E-state index contributed by atoms with van der Waals surface area (Å²) >= 11 is 0. The maximum Gasteiger partial charge on any atom is 0.254 e. The van der Waals surface area contributed by atoms with Gasteiger partial charge in [0, 0.05) is 48.4 Å². The van der Waals surface area contributed by atoms with Gasteiger partial charge >= 0.3 is 0 Å². The second-order valence-corrected chi connectivity index (χ2v) is 8.93. The minimum absolute atomic E-state index is 0.00283. The number of hydrogen-bond donors (Lipinski definition) is 3. The summed E-state index contributed by atoms with van der Waals surface area (Å²) in [5.74, 6) is 0.841. The highest BCUT2D eigenvalue weighted by atomic mass is 16.2. The fourth-order valence-electron chi connectivity index (χ4n) is 4.69. The molecule has 4 aromatic heterocycles. The van der Waals surface area contributed by atoms with Gasteiger partial charge in [0.1, 0.15) is 17.1 Å². The predicted octanol–water partition coefficient (Wildman–Crippen LogP) is 3.96. The Morgan fingerprint density at radius 2 is 1.88 bits per heavy atom. The molecule has 0 bridgehead atoms. The number of nitrogens with zero attached hydrogens (tertiary/aromatic N) is 3. The van der Waals surface area contributed by atoms with E-state index in [1.807, 2.05) is 29.3 Å². The molecule has 1 atom stereocenters. The number of fused-ring (bicyclic) bond motifs is 2. The lowest BCUT2D eigenvalue weighted by molar-refractivity contribution is -0.117. The minimum Gasteiger partial charge on any atom is -0.346 e. The normalized spacial score (nSPS) is 18.5. The van der Waals surface area contributed by atoms with E-state index in [1.54, 1.807) is 18.5 Å². The Kier molecular flexibility index (Phi) is 4.53. The first kappa shape index (κ1) is 19.7. The van der Waals surface area contributed by atoms with Crippen LogP contribution in [0.25, 0.3) is 27.6 Å². The van der Waals surface area contributed by atoms with Gasteiger partial charge in [-0.15, -0.1) is 0 Å². The highest BCUT2D eigenvalue weighted by molar-refractivity contribution is 6.06. The summed E-state index contributed by atoms with van der Waals surface area (Å²) in [6.45, 7) is 3.26. The third kappa shape index (κ3) is 3.47. The molecule has 5 heterocycles. The smallest absolute Gasteiger partial charge is 0.254 e. The number of pyridine rings is 2. The Balaban J connectivity index is 1.31. The molecule has 0 saturated heterocycles. The van der Waals surface area contributed by atoms with Crippen LogP contribution < -0.4 is 5.32 Å². The Morgan fingerprint density at radius 3 is 2.67 bits per heavy atom. The molecule has 2 aliphatic rings. The molecular formula is C25H24N6O2. The van der Waals surface area contributed by atoms with Gasteiger partial charge in [-0.05, 0) is 54.2 Å². The maximum absolute atomic E-state index is 13.3. The average molecular weight is 441 g/mol. The molecule has 0 spiro atoms. The lowest BCUT2D eigenvalue weighted by Gasteiger charge is -2.32. The molecule has 1 fully saturated rings. The number of H-pyrrole nitrogens is 2. The fraction of sp³-hybridized carbons (Fsp3) is 0.280. The van der Waals surface area contributed by atoms with Gasteiger partial charge in [-0.1, -0.05) is 13.0 Å². The summed E-state index contributed by atoms with van der Waals surface area (Å²) in [5.41, 5.74) is 4.33. The molecule has 3 N–H and O–H groups in total. The zero-order valence-corrected chi connectivity index (χ0v) is 18.3. The minimum atomic E-state index is 0.00283. The highest BCUT2D eigenvalue weighted by Gasteiger charge is 2.31. The van der Waals surface area contributed by atoms with Crippen molar-refractivity contribution in [1.82, 2.24) is 24.8 Å². The van der Waals surface area contributed by atoms with E-state index in [-0.39, 0.29) is 23.7 Å². The molecule has 1 saturated carbocycles. The SMILES string of the molecule is CC1CN(C(=O)c2ccnc3[nH]ccc23)CC=C1c1cc(NC(=O)C2CC2)nc2[nH]ccc12. The number of anilines is 1. The van der Waals surface area contributed by atoms with Crippen LogP contribution in [0.15, 0.2) is 48.9 Å². The van der Waals surface area contributed by atoms with Gasteiger partial charge in [0.15, 0.2) is 0 Å². The van der Waals surface area contributed by atoms with Crippen LogP contribution in [0.1, 0.15) is 35.7 Å². The van der Waals surface area contributed by atoms with Crippen molar-refractivity contribution in [2.75, 3.05) is 18.4 Å². The van der Waals surface area contributed by atoms with Crippen molar-refractivity contribution in [1.29, 1.82) is 0 Å². The van der Waals surface area contributed by atoms with Crippen LogP contribution >= 0.6 is 0 Å². The molecule has 2 amide bonds. The van der Waals surface area contributed by atoms with Crippen molar-refractivity contribution in [2.24, 2.45) is 11.8 Å². The van der Waals surface area contributed by atoms with E-state index in [2.05, 4.69) is 38.3 Å². The number of carbonyl (C=O) groups excluding carboxylic acids is 2. The zero-order chi connectivity index (χ0) is 22.5. The third-order valence-electron chi connectivity index (χ3n) is 6.57. The van der Waals surface area contributed by atoms with E-state index in [4.69, 9.17) is 0 Å². The van der Waals surface area contributed by atoms with Gasteiger partial charge < -0.3 is 20.2 Å². The first-order valence-corrected chi connectivity index (χ1v) is 11.3. The monoisotopic (exact) mass is 440 g/mol. The van der Waals surface area contributed by atoms with Crippen molar-refractivity contribution in [3.63, 3.8) is 0 Å². The third-order valence-corrected chi connectivity index (χ3v) is 6.57. The molecule has 1 unspecified atom stereocenters. The summed E-state index contributed by atoms with van der Waals surface area (Å²) in [6, 6.07) is 7.64. The molecule has 33 heavy (non-hydrogen) atoms. The second-order valence-electron chi connectivity index (χ2n) is 8.93. The van der Waals surface area contributed by atoms with Gasteiger partial charge in [-0.2, -0.15) is 0 Å². The predicted molar refractivity (Wildman–Crippen MR) is 127 cm³/mol. The van der Waals surface area contributed by atoms with E-state index in [0.29, 0.717) is 24.5 Å². The van der Waals surface area contributed by atoms with Gasteiger partial charge in [0.05, 0.1) is 5.56 Å². The molecule has 8 nitrogen and oxygen atoms in total. The first-order chi connectivity index (χ1) is 16.1. The van der Waals surface area contributed by atoms with Gasteiger partial charge in [0.2, 0.25) is 5.91 Å². The quantitative estimate of drug-likeness (QED) is 0.446. The Hall–Kier alpha value is -3.94. The lowest BCUT2D eigenvalue weighted by Crippen LogP contribution is -2.38. The van der Waals surface area contributed by atoms with Crippen LogP contribution in [0.4, 0.5) is 5.82 Å². The van der Waals surface area contributed by atoms with E-state index in [1.165, 1.54) is 0 Å². The Morgan fingerprint density at radius 1 is 1.09 bits per heavy atom. The summed E-state index contributed by atoms with van der Waals surface area (Å²) in [7, 11) is 0. The van der Waals surface area contributed by atoms with Crippen molar-refractivity contribution in [3.8, 4) is 0 Å². The first-order valence-electron chi connectivity index (χ1n) is 11.3. The highest BCUT2D eigenvalue weighted by Crippen LogP contribution is 2.35. The number of hydrogen-bond acceptors (Lipinski definition) is 4. The summed E-state index contributed by atoms with van der Waals surface area (Å²) in [6.07, 6.45) is 9.34. The van der Waals surface area contributed by atoms with E-state index in [9.17, 15) is 9.59 Å². The van der Waals surface area contributed by atoms with Crippen LogP contribution in [0, 0.1) is 11.8 Å². The molecule has 0 radical (unpaired) electrons. The standard InChI is InChI=1S/C25H24N6O2/c1-14-13-31(25(33)19-6-10-27-22-17(19)4-8-26-22)11-7-16(14)20-12-21(30-24(32)15-2-3-15)29-23-18(20)5-9-28-23/h4-10,12,14-15H,2-3,11,13H2,1H3,(H,26,27)(H2,28,29,30,32). The van der Waals surface area contributed by atoms with Crippen LogP contribution in [-0.4, -0.2) is 49.7 Å². The largest absolute Gasteiger partial charge is 0.346 e. The Labute approximate surface area is 190 Å². The lowest BCUT2D eigenvalue weighted by atomic mass is 9.89. The fourth-order valence-corrected chi connectivity index (χ4v) is 4.69. The molecule has 6 rings (SSSR count). The number of rotatable bonds is 4. The number of aromatic nitrogens is 4. The van der Waals surface area contributed by atoms with E-state index < -0.39 is 0 Å². The molecule has 1 aliphatic carbocycles. The van der Waals surface area contributed by atoms with Crippen LogP contribution in [0.2, 0.25) is 0 Å². The molecule has 0 aromatic carbocycles. The number of carbonyl (C=O) groups is 2. The van der Waals surface area contributed by atoms with Crippen molar-refractivity contribution >= 4 is 45.3 Å². The second kappa shape index (κ2) is 7.58. The number of amides is 2. The molecule has 4 aromatic rings. The van der Waals surface area contributed by atoms with Crippen LogP contribution in [-0.2, 0) is 4.79 Å².